The van der Waals surface area contributed by atoms with Gasteiger partial charge in [-0.25, -0.2) is 17.9 Å². The molecule has 11 nitrogen and oxygen atoms in total. The summed E-state index contributed by atoms with van der Waals surface area (Å²) in [5, 5.41) is 0.710. The second-order valence-corrected chi connectivity index (χ2v) is 18.2. The van der Waals surface area contributed by atoms with Gasteiger partial charge in [-0.3, -0.25) is 9.69 Å². The lowest BCUT2D eigenvalue weighted by molar-refractivity contribution is -0.129. The minimum Gasteiger partial charge on any atom is -0.490 e. The SMILES string of the molecule is CCN1C/C=C\[C@H](OC(=O)N2CC(N(C)C)C2)[C@@H]2CC[C@H]2CN2C[C@@]3(CCCc4cc(Cl)ccc43)COc3ccc(cc32)S(=O)(=O)NC(=O)C1(C)C. The number of nitrogens with one attached hydrogen (secondary N) is 1. The first-order chi connectivity index (χ1) is 24.7. The van der Waals surface area contributed by atoms with Crippen molar-refractivity contribution < 1.29 is 27.5 Å². The number of carbonyl (C=O) groups excluding carboxylic acids is 2. The first kappa shape index (κ1) is 37.0. The first-order valence-corrected chi connectivity index (χ1v) is 20.5. The largest absolute Gasteiger partial charge is 0.490 e. The fourth-order valence-corrected chi connectivity index (χ4v) is 10.0. The number of anilines is 1. The normalized spacial score (nSPS) is 29.4. The number of benzene rings is 2. The van der Waals surface area contributed by atoms with Crippen molar-refractivity contribution in [2.24, 2.45) is 11.8 Å². The number of aryl methyl sites for hydroxylation is 1. The van der Waals surface area contributed by atoms with Gasteiger partial charge in [0, 0.05) is 55.1 Å². The van der Waals surface area contributed by atoms with Gasteiger partial charge in [0.1, 0.15) is 11.9 Å². The van der Waals surface area contributed by atoms with Crippen LogP contribution in [0.1, 0.15) is 57.6 Å². The number of carbonyl (C=O) groups is 2. The Bertz CT molecular complexity index is 1850. The number of likely N-dealkylation sites (N-methyl/N-ethyl adjacent to an activating group) is 2. The van der Waals surface area contributed by atoms with Gasteiger partial charge >= 0.3 is 6.09 Å². The number of sulfonamides is 1. The fraction of sp³-hybridized carbons (Fsp3) is 0.590. The van der Waals surface area contributed by atoms with Crippen LogP contribution < -0.4 is 14.4 Å². The molecule has 52 heavy (non-hydrogen) atoms. The zero-order valence-corrected chi connectivity index (χ0v) is 32.5. The molecule has 0 aromatic heterocycles. The molecule has 1 spiro atoms. The predicted octanol–water partition coefficient (Wildman–Crippen LogP) is 5.07. The van der Waals surface area contributed by atoms with E-state index < -0.39 is 27.6 Å². The minimum atomic E-state index is -4.21. The molecule has 4 atom stereocenters. The third kappa shape index (κ3) is 6.92. The zero-order chi connectivity index (χ0) is 37.0. The number of rotatable bonds is 3. The van der Waals surface area contributed by atoms with Crippen LogP contribution in [0.25, 0.3) is 0 Å². The number of amides is 2. The molecule has 13 heteroatoms. The molecular formula is C39H52ClN5O6S. The van der Waals surface area contributed by atoms with Crippen LogP contribution in [-0.2, 0) is 31.4 Å². The molecule has 5 aliphatic rings. The van der Waals surface area contributed by atoms with Gasteiger partial charge in [0.25, 0.3) is 15.9 Å². The van der Waals surface area contributed by atoms with Crippen molar-refractivity contribution in [1.82, 2.24) is 19.4 Å². The number of hydrogen-bond donors (Lipinski definition) is 1. The minimum absolute atomic E-state index is 0.00774. The van der Waals surface area contributed by atoms with E-state index in [0.717, 1.165) is 32.1 Å². The lowest BCUT2D eigenvalue weighted by atomic mass is 9.68. The van der Waals surface area contributed by atoms with Crippen LogP contribution in [0.4, 0.5) is 10.5 Å². The highest BCUT2D eigenvalue weighted by Crippen LogP contribution is 2.47. The molecule has 2 aliphatic carbocycles. The van der Waals surface area contributed by atoms with Gasteiger partial charge in [-0.15, -0.1) is 0 Å². The Morgan fingerprint density at radius 1 is 1.12 bits per heavy atom. The van der Waals surface area contributed by atoms with E-state index in [-0.39, 0.29) is 28.2 Å². The molecular weight excluding hydrogens is 702 g/mol. The summed E-state index contributed by atoms with van der Waals surface area (Å²) in [6.07, 6.45) is 7.88. The van der Waals surface area contributed by atoms with Crippen LogP contribution in [0.5, 0.6) is 5.75 Å². The van der Waals surface area contributed by atoms with Gasteiger partial charge in [-0.2, -0.15) is 0 Å². The number of nitrogens with zero attached hydrogens (tertiary/aromatic N) is 4. The van der Waals surface area contributed by atoms with Crippen LogP contribution in [-0.4, -0.2) is 113 Å². The summed E-state index contributed by atoms with van der Waals surface area (Å²) in [5.41, 5.74) is 1.62. The molecule has 1 saturated heterocycles. The molecule has 2 fully saturated rings. The summed E-state index contributed by atoms with van der Waals surface area (Å²) in [4.78, 5) is 35.3. The van der Waals surface area contributed by atoms with Gasteiger partial charge in [-0.1, -0.05) is 30.7 Å². The quantitative estimate of drug-likeness (QED) is 0.430. The summed E-state index contributed by atoms with van der Waals surface area (Å²) in [7, 11) is -0.172. The van der Waals surface area contributed by atoms with Crippen LogP contribution in [0.2, 0.25) is 5.02 Å². The smallest absolute Gasteiger partial charge is 0.410 e. The summed E-state index contributed by atoms with van der Waals surface area (Å²) in [6, 6.07) is 11.3. The highest BCUT2D eigenvalue weighted by atomic mass is 35.5. The first-order valence-electron chi connectivity index (χ1n) is 18.6. The molecule has 3 aliphatic heterocycles. The Morgan fingerprint density at radius 3 is 2.62 bits per heavy atom. The third-order valence-corrected chi connectivity index (χ3v) is 13.9. The fourth-order valence-electron chi connectivity index (χ4n) is 8.71. The number of likely N-dealkylation sites (tertiary alicyclic amines) is 1. The maximum atomic E-state index is 13.9. The van der Waals surface area contributed by atoms with E-state index in [1.54, 1.807) is 30.9 Å². The molecule has 0 unspecified atom stereocenters. The lowest BCUT2D eigenvalue weighted by Crippen LogP contribution is -2.60. The van der Waals surface area contributed by atoms with Crippen molar-refractivity contribution in [3.05, 3.63) is 64.7 Å². The van der Waals surface area contributed by atoms with Crippen molar-refractivity contribution in [2.75, 3.05) is 64.9 Å². The van der Waals surface area contributed by atoms with Gasteiger partial charge in [0.2, 0.25) is 0 Å². The van der Waals surface area contributed by atoms with E-state index in [2.05, 4.69) is 26.7 Å². The average molecular weight is 754 g/mol. The molecule has 3 heterocycles. The Kier molecular flexibility index (Phi) is 10.1. The molecule has 1 saturated carbocycles. The number of fused-ring (bicyclic) bond motifs is 4. The van der Waals surface area contributed by atoms with Crippen molar-refractivity contribution in [1.29, 1.82) is 0 Å². The van der Waals surface area contributed by atoms with Crippen molar-refractivity contribution in [3.8, 4) is 5.75 Å². The highest BCUT2D eigenvalue weighted by Gasteiger charge is 2.46. The average Bonchev–Trinajstić information content (AvgIpc) is 3.20. The Morgan fingerprint density at radius 2 is 1.90 bits per heavy atom. The van der Waals surface area contributed by atoms with E-state index in [1.807, 2.05) is 44.1 Å². The van der Waals surface area contributed by atoms with Crippen LogP contribution in [0, 0.1) is 11.8 Å². The Labute approximate surface area is 313 Å². The molecule has 282 valence electrons. The number of halogens is 1. The Hall–Kier alpha value is -3.32. The highest BCUT2D eigenvalue weighted by molar-refractivity contribution is 7.90. The summed E-state index contributed by atoms with van der Waals surface area (Å²) >= 11 is 6.46. The van der Waals surface area contributed by atoms with E-state index in [4.69, 9.17) is 21.1 Å². The van der Waals surface area contributed by atoms with Crippen LogP contribution in [0.3, 0.4) is 0 Å². The predicted molar refractivity (Wildman–Crippen MR) is 202 cm³/mol. The third-order valence-electron chi connectivity index (χ3n) is 12.4. The number of hydrogen-bond acceptors (Lipinski definition) is 9. The van der Waals surface area contributed by atoms with E-state index in [9.17, 15) is 18.0 Å². The van der Waals surface area contributed by atoms with Crippen molar-refractivity contribution >= 4 is 39.3 Å². The van der Waals surface area contributed by atoms with Crippen molar-refractivity contribution in [3.63, 3.8) is 0 Å². The van der Waals surface area contributed by atoms with Gasteiger partial charge < -0.3 is 24.2 Å². The maximum Gasteiger partial charge on any atom is 0.410 e. The topological polar surface area (TPSA) is 112 Å². The Balaban J connectivity index is 1.28. The molecule has 2 amide bonds. The van der Waals surface area contributed by atoms with Crippen LogP contribution >= 0.6 is 11.6 Å². The molecule has 2 bridgehead atoms. The summed E-state index contributed by atoms with van der Waals surface area (Å²) < 4.78 is 43.1. The van der Waals surface area contributed by atoms with Gasteiger partial charge in [0.15, 0.2) is 0 Å². The van der Waals surface area contributed by atoms with E-state index in [0.29, 0.717) is 68.4 Å². The zero-order valence-electron chi connectivity index (χ0n) is 30.9. The molecule has 2 aromatic rings. The van der Waals surface area contributed by atoms with Gasteiger partial charge in [0.05, 0.1) is 22.7 Å². The lowest BCUT2D eigenvalue weighted by Gasteiger charge is -2.47. The number of ether oxygens (including phenoxy) is 2. The van der Waals surface area contributed by atoms with Gasteiger partial charge in [-0.05, 0) is 120 Å². The standard InChI is InChI=1S/C39H52ClN5O6S/c1-6-45-18-8-10-34(51-37(47)43-22-29(23-43)42(4)5)31-14-11-27(31)21-44-24-39(17-7-9-26-19-28(40)12-15-32(26)39)25-50-35-16-13-30(20-33(35)44)52(48,49)41-36(46)38(45,2)3/h8,10,12-13,15-16,19-20,27,29,31,34H,6-7,9,11,14,17-18,21-25H2,1-5H3,(H,41,46)/b10-8-/t27-,31+,34-,39-/m0/s1. The van der Waals surface area contributed by atoms with E-state index >= 15 is 0 Å². The maximum absolute atomic E-state index is 13.9. The van der Waals surface area contributed by atoms with E-state index in [1.165, 1.54) is 17.2 Å². The summed E-state index contributed by atoms with van der Waals surface area (Å²) in [5.74, 6) is 0.230. The molecule has 2 aromatic carbocycles. The molecule has 0 radical (unpaired) electrons. The monoisotopic (exact) mass is 753 g/mol. The molecule has 7 rings (SSSR count). The molecule has 1 N–H and O–H groups in total. The van der Waals surface area contributed by atoms with Crippen LogP contribution in [0.15, 0.2) is 53.4 Å². The van der Waals surface area contributed by atoms with Crippen molar-refractivity contribution in [2.45, 2.75) is 80.9 Å². The second-order valence-electron chi connectivity index (χ2n) is 16.1. The second kappa shape index (κ2) is 14.2. The summed E-state index contributed by atoms with van der Waals surface area (Å²) in [6.45, 7) is 9.22.